The zero-order valence-electron chi connectivity index (χ0n) is 21.0. The van der Waals surface area contributed by atoms with Crippen LogP contribution in [0.25, 0.3) is 5.76 Å². The maximum absolute atomic E-state index is 13.2. The molecule has 0 saturated carbocycles. The predicted molar refractivity (Wildman–Crippen MR) is 139 cm³/mol. The van der Waals surface area contributed by atoms with Crippen LogP contribution in [0, 0.1) is 0 Å². The highest BCUT2D eigenvalue weighted by Crippen LogP contribution is 2.41. The average molecular weight is 503 g/mol. The number of ketones is 1. The molecule has 1 aliphatic heterocycles. The molecule has 37 heavy (non-hydrogen) atoms. The molecule has 1 atom stereocenters. The number of methoxy groups -OCH3 is 1. The lowest BCUT2D eigenvalue weighted by molar-refractivity contribution is -0.140. The van der Waals surface area contributed by atoms with Crippen LogP contribution in [0.15, 0.2) is 78.4 Å². The van der Waals surface area contributed by atoms with Crippen molar-refractivity contribution in [2.75, 3.05) is 34.3 Å². The molecule has 3 aromatic rings. The van der Waals surface area contributed by atoms with E-state index >= 15 is 0 Å². The minimum atomic E-state index is -0.844. The minimum absolute atomic E-state index is 0.0190. The van der Waals surface area contributed by atoms with Gasteiger partial charge >= 0.3 is 0 Å². The number of aliphatic hydroxyl groups is 1. The number of likely N-dealkylation sites (N-methyl/N-ethyl adjacent to an activating group) is 1. The number of phenols is 1. The minimum Gasteiger partial charge on any atom is -0.507 e. The van der Waals surface area contributed by atoms with Gasteiger partial charge in [-0.05, 0) is 61.6 Å². The van der Waals surface area contributed by atoms with Crippen LogP contribution in [-0.2, 0) is 16.2 Å². The van der Waals surface area contributed by atoms with E-state index in [1.807, 2.05) is 49.3 Å². The fraction of sp³-hybridized carbons (Fsp3) is 0.241. The lowest BCUT2D eigenvalue weighted by atomic mass is 9.95. The Bertz CT molecular complexity index is 1300. The Morgan fingerprint density at radius 3 is 2.35 bits per heavy atom. The van der Waals surface area contributed by atoms with Crippen LogP contribution in [0.4, 0.5) is 0 Å². The van der Waals surface area contributed by atoms with Gasteiger partial charge in [0.05, 0.1) is 18.7 Å². The molecular formula is C29H30N2O6. The summed E-state index contributed by atoms with van der Waals surface area (Å²) in [5, 5.41) is 21.3. The summed E-state index contributed by atoms with van der Waals surface area (Å²) in [5.74, 6) is -0.997. The van der Waals surface area contributed by atoms with E-state index in [2.05, 4.69) is 0 Å². The van der Waals surface area contributed by atoms with Gasteiger partial charge in [-0.25, -0.2) is 0 Å². The van der Waals surface area contributed by atoms with Crippen molar-refractivity contribution in [3.8, 4) is 17.2 Å². The molecule has 0 bridgehead atoms. The number of nitrogens with zero attached hydrogens (tertiary/aromatic N) is 2. The zero-order valence-corrected chi connectivity index (χ0v) is 21.0. The molecule has 0 radical (unpaired) electrons. The topological polar surface area (TPSA) is 99.5 Å². The van der Waals surface area contributed by atoms with E-state index in [9.17, 15) is 19.8 Å². The Kier molecular flexibility index (Phi) is 7.79. The number of likely N-dealkylation sites (tertiary alicyclic amines) is 1. The number of phenolic OH excluding ortho intramolecular Hbond substituents is 1. The molecule has 2 N–H and O–H groups in total. The summed E-state index contributed by atoms with van der Waals surface area (Å²) < 4.78 is 11.1. The Balaban J connectivity index is 1.69. The number of Topliss-reactive ketones (excluding diaryl/α,β-unsaturated/α-hetero) is 1. The molecule has 1 aliphatic rings. The standard InChI is InChI=1S/C29H30N2O6/c1-30(2)15-16-31-26(21-11-14-23(32)24(17-21)36-3)25(28(34)29(31)35)27(33)20-9-12-22(13-10-20)37-18-19-7-5-4-6-8-19/h4-14,17,26,32-33H,15-16,18H2,1-3H3/t26-/m0/s1. The zero-order chi connectivity index (χ0) is 26.5. The highest BCUT2D eigenvalue weighted by Gasteiger charge is 2.46. The van der Waals surface area contributed by atoms with Gasteiger partial charge in [0.1, 0.15) is 18.1 Å². The third-order valence-corrected chi connectivity index (χ3v) is 6.22. The number of carbonyl (C=O) groups is 2. The maximum atomic E-state index is 13.2. The molecule has 0 spiro atoms. The Morgan fingerprint density at radius 1 is 1.00 bits per heavy atom. The van der Waals surface area contributed by atoms with Gasteiger partial charge in [-0.1, -0.05) is 36.4 Å². The molecule has 3 aromatic carbocycles. The SMILES string of the molecule is COc1cc([C@H]2C(=C(O)c3ccc(OCc4ccccc4)cc3)C(=O)C(=O)N2CCN(C)C)ccc1O. The van der Waals surface area contributed by atoms with Crippen molar-refractivity contribution in [1.82, 2.24) is 9.80 Å². The van der Waals surface area contributed by atoms with Gasteiger partial charge in [0.15, 0.2) is 11.5 Å². The van der Waals surface area contributed by atoms with Crippen LogP contribution in [0.3, 0.4) is 0 Å². The van der Waals surface area contributed by atoms with E-state index in [1.165, 1.54) is 18.1 Å². The maximum Gasteiger partial charge on any atom is 0.295 e. The summed E-state index contributed by atoms with van der Waals surface area (Å²) in [6.45, 7) is 1.19. The lowest BCUT2D eigenvalue weighted by Gasteiger charge is -2.27. The first kappa shape index (κ1) is 25.8. The van der Waals surface area contributed by atoms with Crippen LogP contribution in [0.5, 0.6) is 17.2 Å². The Morgan fingerprint density at radius 2 is 1.70 bits per heavy atom. The highest BCUT2D eigenvalue weighted by atomic mass is 16.5. The molecule has 1 fully saturated rings. The van der Waals surface area contributed by atoms with Crippen LogP contribution in [0.1, 0.15) is 22.7 Å². The van der Waals surface area contributed by atoms with E-state index in [1.54, 1.807) is 36.4 Å². The molecule has 8 heteroatoms. The van der Waals surface area contributed by atoms with Gasteiger partial charge in [0, 0.05) is 18.7 Å². The van der Waals surface area contributed by atoms with E-state index in [0.717, 1.165) is 5.56 Å². The number of carbonyl (C=O) groups excluding carboxylic acids is 2. The number of aliphatic hydroxyl groups excluding tert-OH is 1. The second kappa shape index (κ2) is 11.2. The van der Waals surface area contributed by atoms with Gasteiger partial charge in [0.2, 0.25) is 0 Å². The van der Waals surface area contributed by atoms with E-state index in [0.29, 0.717) is 30.0 Å². The third kappa shape index (κ3) is 5.59. The lowest BCUT2D eigenvalue weighted by Crippen LogP contribution is -2.35. The van der Waals surface area contributed by atoms with Crippen LogP contribution < -0.4 is 9.47 Å². The number of aromatic hydroxyl groups is 1. The first-order valence-electron chi connectivity index (χ1n) is 11.9. The molecule has 0 aromatic heterocycles. The van der Waals surface area contributed by atoms with Gasteiger partial charge in [-0.3, -0.25) is 9.59 Å². The van der Waals surface area contributed by atoms with Crippen molar-refractivity contribution in [3.05, 3.63) is 95.1 Å². The molecule has 0 unspecified atom stereocenters. The monoisotopic (exact) mass is 502 g/mol. The summed E-state index contributed by atoms with van der Waals surface area (Å²) in [4.78, 5) is 29.6. The summed E-state index contributed by atoms with van der Waals surface area (Å²) in [6.07, 6.45) is 0. The van der Waals surface area contributed by atoms with Crippen molar-refractivity contribution >= 4 is 17.4 Å². The molecule has 8 nitrogen and oxygen atoms in total. The van der Waals surface area contributed by atoms with Crippen molar-refractivity contribution < 1.29 is 29.3 Å². The fourth-order valence-corrected chi connectivity index (χ4v) is 4.23. The molecule has 1 saturated heterocycles. The van der Waals surface area contributed by atoms with E-state index in [4.69, 9.17) is 9.47 Å². The number of hydrogen-bond donors (Lipinski definition) is 2. The summed E-state index contributed by atoms with van der Waals surface area (Å²) in [7, 11) is 5.16. The van der Waals surface area contributed by atoms with Crippen molar-refractivity contribution in [2.45, 2.75) is 12.6 Å². The van der Waals surface area contributed by atoms with Crippen molar-refractivity contribution in [3.63, 3.8) is 0 Å². The number of ether oxygens (including phenoxy) is 2. The van der Waals surface area contributed by atoms with Gasteiger partial charge in [0.25, 0.3) is 11.7 Å². The molecule has 192 valence electrons. The second-order valence-corrected chi connectivity index (χ2v) is 9.03. The molecule has 1 heterocycles. The summed E-state index contributed by atoms with van der Waals surface area (Å²) >= 11 is 0. The summed E-state index contributed by atoms with van der Waals surface area (Å²) in [5.41, 5.74) is 1.93. The quantitative estimate of drug-likeness (QED) is 0.260. The number of amides is 1. The summed E-state index contributed by atoms with van der Waals surface area (Å²) in [6, 6.07) is 20.2. The third-order valence-electron chi connectivity index (χ3n) is 6.22. The van der Waals surface area contributed by atoms with Gasteiger partial charge in [-0.15, -0.1) is 0 Å². The Hall–Kier alpha value is -4.30. The van der Waals surface area contributed by atoms with Crippen LogP contribution >= 0.6 is 0 Å². The number of hydrogen-bond acceptors (Lipinski definition) is 7. The largest absolute Gasteiger partial charge is 0.507 e. The van der Waals surface area contributed by atoms with E-state index in [-0.39, 0.29) is 29.4 Å². The van der Waals surface area contributed by atoms with Gasteiger partial charge < -0.3 is 29.5 Å². The molecular weight excluding hydrogens is 472 g/mol. The smallest absolute Gasteiger partial charge is 0.295 e. The first-order valence-corrected chi connectivity index (χ1v) is 11.9. The van der Waals surface area contributed by atoms with Gasteiger partial charge in [-0.2, -0.15) is 0 Å². The van der Waals surface area contributed by atoms with E-state index < -0.39 is 17.7 Å². The molecule has 4 rings (SSSR count). The first-order chi connectivity index (χ1) is 17.8. The Labute approximate surface area is 216 Å². The number of benzene rings is 3. The van der Waals surface area contributed by atoms with Crippen LogP contribution in [0.2, 0.25) is 0 Å². The second-order valence-electron chi connectivity index (χ2n) is 9.03. The van der Waals surface area contributed by atoms with Crippen molar-refractivity contribution in [1.29, 1.82) is 0 Å². The normalized spacial score (nSPS) is 16.9. The van der Waals surface area contributed by atoms with Crippen LogP contribution in [-0.4, -0.2) is 66.0 Å². The fourth-order valence-electron chi connectivity index (χ4n) is 4.23. The average Bonchev–Trinajstić information content (AvgIpc) is 3.16. The van der Waals surface area contributed by atoms with Crippen molar-refractivity contribution in [2.24, 2.45) is 0 Å². The highest BCUT2D eigenvalue weighted by molar-refractivity contribution is 6.46. The number of rotatable bonds is 9. The predicted octanol–water partition coefficient (Wildman–Crippen LogP) is 3.96. The molecule has 0 aliphatic carbocycles. The molecule has 1 amide bonds.